The van der Waals surface area contributed by atoms with Crippen molar-refractivity contribution in [1.82, 2.24) is 4.90 Å². The molecule has 0 amide bonds. The number of Topliss-reactive ketones (excluding diaryl/α,β-unsaturated/α-hetero) is 1. The Bertz CT molecular complexity index is 469. The van der Waals surface area contributed by atoms with Crippen LogP contribution in [0.15, 0.2) is 18.2 Å². The molecular formula is C16H21F2NO. The molecule has 1 aromatic rings. The summed E-state index contributed by atoms with van der Waals surface area (Å²) in [6.45, 7) is 6.02. The van der Waals surface area contributed by atoms with Gasteiger partial charge in [-0.3, -0.25) is 9.69 Å². The molecule has 1 heterocycles. The standard InChI is InChI=1S/C16H21F2NO/c1-11-3-4-12(2)19(10-11)6-5-16(20)13-7-14(17)9-15(18)8-13/h7-9,11-12H,3-6,10H2,1-2H3. The normalized spacial score (nSPS) is 23.8. The third-order valence-electron chi connectivity index (χ3n) is 4.06. The van der Waals surface area contributed by atoms with Gasteiger partial charge in [0.2, 0.25) is 0 Å². The Morgan fingerprint density at radius 2 is 1.85 bits per heavy atom. The highest BCUT2D eigenvalue weighted by atomic mass is 19.1. The van der Waals surface area contributed by atoms with Crippen molar-refractivity contribution >= 4 is 5.78 Å². The van der Waals surface area contributed by atoms with E-state index in [0.717, 1.165) is 31.2 Å². The van der Waals surface area contributed by atoms with Crippen LogP contribution in [0.25, 0.3) is 0 Å². The van der Waals surface area contributed by atoms with E-state index in [1.165, 1.54) is 6.42 Å². The second-order valence-electron chi connectivity index (χ2n) is 5.86. The second-order valence-corrected chi connectivity index (χ2v) is 5.86. The SMILES string of the molecule is CC1CCC(C)N(CCC(=O)c2cc(F)cc(F)c2)C1. The molecular weight excluding hydrogens is 260 g/mol. The molecule has 0 bridgehead atoms. The molecule has 0 aromatic heterocycles. The van der Waals surface area contributed by atoms with Gasteiger partial charge in [-0.2, -0.15) is 0 Å². The quantitative estimate of drug-likeness (QED) is 0.785. The van der Waals surface area contributed by atoms with E-state index in [0.29, 0.717) is 24.9 Å². The van der Waals surface area contributed by atoms with E-state index in [9.17, 15) is 13.6 Å². The molecule has 4 heteroatoms. The Kier molecular flexibility index (Phi) is 4.86. The van der Waals surface area contributed by atoms with E-state index < -0.39 is 11.6 Å². The molecule has 0 aliphatic carbocycles. The van der Waals surface area contributed by atoms with E-state index >= 15 is 0 Å². The maximum atomic E-state index is 13.1. The largest absolute Gasteiger partial charge is 0.300 e. The van der Waals surface area contributed by atoms with Crippen LogP contribution in [-0.2, 0) is 0 Å². The van der Waals surface area contributed by atoms with Gasteiger partial charge in [-0.25, -0.2) is 8.78 Å². The number of benzene rings is 1. The number of hydrogen-bond donors (Lipinski definition) is 0. The summed E-state index contributed by atoms with van der Waals surface area (Å²) in [5, 5.41) is 0. The van der Waals surface area contributed by atoms with Crippen LogP contribution < -0.4 is 0 Å². The van der Waals surface area contributed by atoms with Crippen LogP contribution in [0.2, 0.25) is 0 Å². The van der Waals surface area contributed by atoms with Gasteiger partial charge in [0, 0.05) is 37.2 Å². The highest BCUT2D eigenvalue weighted by Crippen LogP contribution is 2.21. The van der Waals surface area contributed by atoms with Crippen LogP contribution in [0.3, 0.4) is 0 Å². The van der Waals surface area contributed by atoms with Gasteiger partial charge in [0.25, 0.3) is 0 Å². The topological polar surface area (TPSA) is 20.3 Å². The van der Waals surface area contributed by atoms with Crippen LogP contribution in [0.5, 0.6) is 0 Å². The number of halogens is 2. The Morgan fingerprint density at radius 1 is 1.20 bits per heavy atom. The first-order valence-electron chi connectivity index (χ1n) is 7.19. The zero-order valence-corrected chi connectivity index (χ0v) is 12.0. The van der Waals surface area contributed by atoms with E-state index in [-0.39, 0.29) is 11.3 Å². The summed E-state index contributed by atoms with van der Waals surface area (Å²) in [6.07, 6.45) is 2.67. The van der Waals surface area contributed by atoms with Crippen molar-refractivity contribution in [3.05, 3.63) is 35.4 Å². The lowest BCUT2D eigenvalue weighted by Crippen LogP contribution is -2.42. The minimum absolute atomic E-state index is 0.125. The van der Waals surface area contributed by atoms with Gasteiger partial charge in [-0.05, 0) is 37.8 Å². The van der Waals surface area contributed by atoms with Crippen LogP contribution in [0, 0.1) is 17.6 Å². The number of rotatable bonds is 4. The van der Waals surface area contributed by atoms with Crippen molar-refractivity contribution in [1.29, 1.82) is 0 Å². The van der Waals surface area contributed by atoms with Crippen LogP contribution in [-0.4, -0.2) is 29.8 Å². The summed E-state index contributed by atoms with van der Waals surface area (Å²) in [5.74, 6) is -0.955. The number of likely N-dealkylation sites (tertiary alicyclic amines) is 1. The first-order valence-corrected chi connectivity index (χ1v) is 7.19. The highest BCUT2D eigenvalue weighted by molar-refractivity contribution is 5.96. The summed E-state index contributed by atoms with van der Waals surface area (Å²) in [4.78, 5) is 14.3. The van der Waals surface area contributed by atoms with Crippen molar-refractivity contribution in [2.24, 2.45) is 5.92 Å². The molecule has 1 fully saturated rings. The Hall–Kier alpha value is -1.29. The number of carbonyl (C=O) groups excluding carboxylic acids is 1. The lowest BCUT2D eigenvalue weighted by atomic mass is 9.94. The predicted octanol–water partition coefficient (Wildman–Crippen LogP) is 3.66. The first-order chi connectivity index (χ1) is 9.45. The fourth-order valence-electron chi connectivity index (χ4n) is 2.80. The predicted molar refractivity (Wildman–Crippen MR) is 74.7 cm³/mol. The van der Waals surface area contributed by atoms with Crippen LogP contribution in [0.1, 0.15) is 43.5 Å². The molecule has 20 heavy (non-hydrogen) atoms. The Morgan fingerprint density at radius 3 is 2.50 bits per heavy atom. The number of carbonyl (C=O) groups is 1. The van der Waals surface area contributed by atoms with Gasteiger partial charge in [-0.1, -0.05) is 6.92 Å². The summed E-state index contributed by atoms with van der Waals surface area (Å²) in [5.41, 5.74) is 0.125. The molecule has 1 aliphatic rings. The average Bonchev–Trinajstić information content (AvgIpc) is 2.38. The number of nitrogens with zero attached hydrogens (tertiary/aromatic N) is 1. The molecule has 1 aliphatic heterocycles. The smallest absolute Gasteiger partial charge is 0.164 e. The molecule has 0 spiro atoms. The molecule has 2 atom stereocenters. The minimum Gasteiger partial charge on any atom is -0.300 e. The molecule has 2 rings (SSSR count). The van der Waals surface area contributed by atoms with E-state index in [2.05, 4.69) is 18.7 Å². The lowest BCUT2D eigenvalue weighted by molar-refractivity contribution is 0.0899. The van der Waals surface area contributed by atoms with Gasteiger partial charge in [-0.15, -0.1) is 0 Å². The van der Waals surface area contributed by atoms with E-state index in [1.807, 2.05) is 0 Å². The third kappa shape index (κ3) is 3.85. The maximum Gasteiger partial charge on any atom is 0.164 e. The Labute approximate surface area is 118 Å². The monoisotopic (exact) mass is 281 g/mol. The highest BCUT2D eigenvalue weighted by Gasteiger charge is 2.23. The van der Waals surface area contributed by atoms with E-state index in [1.54, 1.807) is 0 Å². The van der Waals surface area contributed by atoms with Gasteiger partial charge in [0.05, 0.1) is 0 Å². The summed E-state index contributed by atoms with van der Waals surface area (Å²) < 4.78 is 26.2. The molecule has 1 saturated heterocycles. The van der Waals surface area contributed by atoms with Crippen molar-refractivity contribution < 1.29 is 13.6 Å². The third-order valence-corrected chi connectivity index (χ3v) is 4.06. The lowest BCUT2D eigenvalue weighted by Gasteiger charge is -2.36. The van der Waals surface area contributed by atoms with Crippen molar-refractivity contribution in [3.63, 3.8) is 0 Å². The number of ketones is 1. The van der Waals surface area contributed by atoms with Crippen LogP contribution in [0.4, 0.5) is 8.78 Å². The molecule has 2 nitrogen and oxygen atoms in total. The summed E-state index contributed by atoms with van der Waals surface area (Å²) >= 11 is 0. The molecule has 110 valence electrons. The fourth-order valence-corrected chi connectivity index (χ4v) is 2.80. The summed E-state index contributed by atoms with van der Waals surface area (Å²) in [7, 11) is 0. The molecule has 2 unspecified atom stereocenters. The second kappa shape index (κ2) is 6.44. The number of piperidine rings is 1. The average molecular weight is 281 g/mol. The fraction of sp³-hybridized carbons (Fsp3) is 0.562. The zero-order valence-electron chi connectivity index (χ0n) is 12.0. The summed E-state index contributed by atoms with van der Waals surface area (Å²) in [6, 6.07) is 3.47. The van der Waals surface area contributed by atoms with E-state index in [4.69, 9.17) is 0 Å². The van der Waals surface area contributed by atoms with Gasteiger partial charge < -0.3 is 0 Å². The number of hydrogen-bond acceptors (Lipinski definition) is 2. The van der Waals surface area contributed by atoms with Crippen LogP contribution >= 0.6 is 0 Å². The van der Waals surface area contributed by atoms with Gasteiger partial charge >= 0.3 is 0 Å². The van der Waals surface area contributed by atoms with Gasteiger partial charge in [0.15, 0.2) is 5.78 Å². The Balaban J connectivity index is 1.94. The van der Waals surface area contributed by atoms with Crippen molar-refractivity contribution in [3.8, 4) is 0 Å². The van der Waals surface area contributed by atoms with Crippen molar-refractivity contribution in [2.75, 3.05) is 13.1 Å². The van der Waals surface area contributed by atoms with Gasteiger partial charge in [0.1, 0.15) is 11.6 Å². The zero-order chi connectivity index (χ0) is 14.7. The molecule has 0 N–H and O–H groups in total. The molecule has 0 radical (unpaired) electrons. The first kappa shape index (κ1) is 15.1. The minimum atomic E-state index is -0.701. The molecule has 1 aromatic carbocycles. The molecule has 0 saturated carbocycles. The maximum absolute atomic E-state index is 13.1. The van der Waals surface area contributed by atoms with Crippen molar-refractivity contribution in [2.45, 2.75) is 39.2 Å².